The van der Waals surface area contributed by atoms with Gasteiger partial charge in [-0.05, 0) is 50.2 Å². The zero-order chi connectivity index (χ0) is 13.6. The van der Waals surface area contributed by atoms with Gasteiger partial charge in [-0.3, -0.25) is 0 Å². The van der Waals surface area contributed by atoms with Crippen LogP contribution in [0.5, 0.6) is 0 Å². The average molecular weight is 302 g/mol. The predicted octanol–water partition coefficient (Wildman–Crippen LogP) is 4.97. The summed E-state index contributed by atoms with van der Waals surface area (Å²) in [6, 6.07) is 3.42. The van der Waals surface area contributed by atoms with E-state index < -0.39 is 5.82 Å². The fourth-order valence-corrected chi connectivity index (χ4v) is 4.49. The molecule has 2 fully saturated rings. The van der Waals surface area contributed by atoms with Crippen molar-refractivity contribution in [2.75, 3.05) is 0 Å². The highest BCUT2D eigenvalue weighted by Gasteiger charge is 2.40. The number of fused-ring (bicyclic) bond motifs is 2. The van der Waals surface area contributed by atoms with Gasteiger partial charge in [-0.2, -0.15) is 0 Å². The molecule has 3 rings (SSSR count). The van der Waals surface area contributed by atoms with Crippen molar-refractivity contribution >= 4 is 23.2 Å². The second-order valence-corrected chi connectivity index (χ2v) is 6.71. The molecular weight excluding hydrogens is 284 g/mol. The maximum atomic E-state index is 13.6. The van der Waals surface area contributed by atoms with Gasteiger partial charge in [0.2, 0.25) is 0 Å². The molecule has 19 heavy (non-hydrogen) atoms. The van der Waals surface area contributed by atoms with Crippen molar-refractivity contribution in [1.29, 1.82) is 0 Å². The number of benzene rings is 1. The first-order valence-electron chi connectivity index (χ1n) is 6.95. The fraction of sp³-hybridized carbons (Fsp3) is 0.600. The molecule has 0 heterocycles. The van der Waals surface area contributed by atoms with E-state index in [9.17, 15) is 4.39 Å². The van der Waals surface area contributed by atoms with Crippen LogP contribution in [0, 0.1) is 17.7 Å². The van der Waals surface area contributed by atoms with Crippen LogP contribution in [0.15, 0.2) is 12.1 Å². The van der Waals surface area contributed by atoms with Crippen LogP contribution in [0.3, 0.4) is 0 Å². The maximum Gasteiger partial charge on any atom is 0.142 e. The molecule has 1 N–H and O–H groups in total. The lowest BCUT2D eigenvalue weighted by Crippen LogP contribution is -2.36. The topological polar surface area (TPSA) is 12.0 Å². The zero-order valence-corrected chi connectivity index (χ0v) is 12.4. The Kier molecular flexibility index (Phi) is 3.76. The molecule has 0 spiro atoms. The summed E-state index contributed by atoms with van der Waals surface area (Å²) >= 11 is 12.2. The highest BCUT2D eigenvalue weighted by Crippen LogP contribution is 2.45. The summed E-state index contributed by atoms with van der Waals surface area (Å²) in [5.74, 6) is 1.26. The molecule has 0 aromatic heterocycles. The molecule has 2 aliphatic carbocycles. The van der Waals surface area contributed by atoms with E-state index in [1.165, 1.54) is 31.7 Å². The van der Waals surface area contributed by atoms with Crippen LogP contribution < -0.4 is 5.32 Å². The molecule has 0 aliphatic heterocycles. The van der Waals surface area contributed by atoms with Crippen LogP contribution >= 0.6 is 23.2 Å². The fourth-order valence-electron chi connectivity index (χ4n) is 3.79. The molecule has 0 saturated heterocycles. The lowest BCUT2D eigenvalue weighted by Gasteiger charge is -2.28. The summed E-state index contributed by atoms with van der Waals surface area (Å²) in [5, 5.41) is 4.29. The van der Waals surface area contributed by atoms with Gasteiger partial charge in [0, 0.05) is 22.7 Å². The highest BCUT2D eigenvalue weighted by molar-refractivity contribution is 6.36. The molecule has 4 unspecified atom stereocenters. The van der Waals surface area contributed by atoms with Gasteiger partial charge in [-0.1, -0.05) is 29.6 Å². The molecule has 1 aromatic rings. The van der Waals surface area contributed by atoms with E-state index in [1.807, 2.05) is 6.92 Å². The molecule has 2 aliphatic rings. The second-order valence-electron chi connectivity index (χ2n) is 5.93. The molecule has 4 atom stereocenters. The lowest BCUT2D eigenvalue weighted by atomic mass is 9.94. The van der Waals surface area contributed by atoms with Gasteiger partial charge in [-0.25, -0.2) is 4.39 Å². The minimum absolute atomic E-state index is 0.0138. The Bertz CT molecular complexity index is 491. The van der Waals surface area contributed by atoms with Gasteiger partial charge in [-0.15, -0.1) is 0 Å². The number of rotatable bonds is 3. The van der Waals surface area contributed by atoms with Crippen molar-refractivity contribution in [1.82, 2.24) is 5.32 Å². The largest absolute Gasteiger partial charge is 0.307 e. The maximum absolute atomic E-state index is 13.6. The molecule has 4 heteroatoms. The van der Waals surface area contributed by atoms with Crippen LogP contribution in [-0.4, -0.2) is 6.04 Å². The van der Waals surface area contributed by atoms with Crippen LogP contribution in [-0.2, 0) is 0 Å². The summed E-state index contributed by atoms with van der Waals surface area (Å²) in [6.45, 7) is 2.01. The number of nitrogens with one attached hydrogen (secondary N) is 1. The first kappa shape index (κ1) is 13.7. The quantitative estimate of drug-likeness (QED) is 0.777. The van der Waals surface area contributed by atoms with E-state index >= 15 is 0 Å². The standard InChI is InChI=1S/C15H18Cl2FN/c1-8(14-11(16)4-5-12(18)15(14)17)19-13-7-9-2-3-10(13)6-9/h4-5,8-10,13,19H,2-3,6-7H2,1H3. The van der Waals surface area contributed by atoms with E-state index in [4.69, 9.17) is 23.2 Å². The van der Waals surface area contributed by atoms with E-state index in [0.717, 1.165) is 11.8 Å². The Morgan fingerprint density at radius 3 is 2.68 bits per heavy atom. The molecule has 1 nitrogen and oxygen atoms in total. The smallest absolute Gasteiger partial charge is 0.142 e. The summed E-state index contributed by atoms with van der Waals surface area (Å²) in [4.78, 5) is 0. The molecule has 2 bridgehead atoms. The molecular formula is C15H18Cl2FN. The number of hydrogen-bond donors (Lipinski definition) is 1. The van der Waals surface area contributed by atoms with Crippen LogP contribution in [0.2, 0.25) is 10.0 Å². The van der Waals surface area contributed by atoms with Gasteiger partial charge in [0.1, 0.15) is 5.82 Å². The van der Waals surface area contributed by atoms with Crippen molar-refractivity contribution < 1.29 is 4.39 Å². The Labute approximate surface area is 123 Å². The lowest BCUT2D eigenvalue weighted by molar-refractivity contribution is 0.327. The molecule has 2 saturated carbocycles. The first-order valence-corrected chi connectivity index (χ1v) is 7.71. The predicted molar refractivity (Wildman–Crippen MR) is 77.2 cm³/mol. The van der Waals surface area contributed by atoms with Crippen LogP contribution in [0.4, 0.5) is 4.39 Å². The minimum Gasteiger partial charge on any atom is -0.307 e. The van der Waals surface area contributed by atoms with Crippen LogP contribution in [0.25, 0.3) is 0 Å². The van der Waals surface area contributed by atoms with Crippen molar-refractivity contribution in [3.63, 3.8) is 0 Å². The van der Waals surface area contributed by atoms with Gasteiger partial charge in [0.25, 0.3) is 0 Å². The van der Waals surface area contributed by atoms with Crippen molar-refractivity contribution in [3.8, 4) is 0 Å². The Morgan fingerprint density at radius 1 is 1.26 bits per heavy atom. The minimum atomic E-state index is -0.400. The van der Waals surface area contributed by atoms with E-state index in [-0.39, 0.29) is 11.1 Å². The third kappa shape index (κ3) is 2.51. The molecule has 104 valence electrons. The molecule has 1 aromatic carbocycles. The SMILES string of the molecule is CC(NC1CC2CCC1C2)c1c(Cl)ccc(F)c1Cl. The van der Waals surface area contributed by atoms with Gasteiger partial charge >= 0.3 is 0 Å². The van der Waals surface area contributed by atoms with Crippen molar-refractivity contribution in [3.05, 3.63) is 33.6 Å². The van der Waals surface area contributed by atoms with Crippen molar-refractivity contribution in [2.24, 2.45) is 11.8 Å². The average Bonchev–Trinajstić information content (AvgIpc) is 2.96. The Morgan fingerprint density at radius 2 is 2.05 bits per heavy atom. The summed E-state index contributed by atoms with van der Waals surface area (Å²) in [6.07, 6.45) is 5.27. The van der Waals surface area contributed by atoms with E-state index in [2.05, 4.69) is 5.32 Å². The van der Waals surface area contributed by atoms with Gasteiger partial charge in [0.15, 0.2) is 0 Å². The number of halogens is 3. The molecule has 0 amide bonds. The third-order valence-electron chi connectivity index (χ3n) is 4.71. The monoisotopic (exact) mass is 301 g/mol. The summed E-state index contributed by atoms with van der Waals surface area (Å²) in [7, 11) is 0. The third-order valence-corrected chi connectivity index (χ3v) is 5.43. The second kappa shape index (κ2) is 5.23. The van der Waals surface area contributed by atoms with Crippen LogP contribution in [0.1, 0.15) is 44.2 Å². The first-order chi connectivity index (χ1) is 9.06. The summed E-state index contributed by atoms with van der Waals surface area (Å²) < 4.78 is 13.6. The van der Waals surface area contributed by atoms with E-state index in [0.29, 0.717) is 16.6 Å². The Balaban J connectivity index is 1.77. The zero-order valence-electron chi connectivity index (χ0n) is 10.9. The molecule has 0 radical (unpaired) electrons. The highest BCUT2D eigenvalue weighted by atomic mass is 35.5. The van der Waals surface area contributed by atoms with E-state index in [1.54, 1.807) is 6.07 Å². The Hall–Kier alpha value is -0.310. The normalized spacial score (nSPS) is 30.8. The van der Waals surface area contributed by atoms with Crippen molar-refractivity contribution in [2.45, 2.75) is 44.7 Å². The summed E-state index contributed by atoms with van der Waals surface area (Å²) in [5.41, 5.74) is 0.686. The van der Waals surface area contributed by atoms with Gasteiger partial charge in [0.05, 0.1) is 5.02 Å². The van der Waals surface area contributed by atoms with Gasteiger partial charge < -0.3 is 5.32 Å². The number of hydrogen-bond acceptors (Lipinski definition) is 1.